The zero-order valence-corrected chi connectivity index (χ0v) is 15.0. The van der Waals surface area contributed by atoms with Gasteiger partial charge < -0.3 is 18.9 Å². The SMILES string of the molecule is [Y].[c-]1ccc2c(c1)OCOC=N2.[c-]1ccc2c(c1)OCOC=N2. The van der Waals surface area contributed by atoms with Crippen LogP contribution in [0.5, 0.6) is 11.5 Å². The van der Waals surface area contributed by atoms with Gasteiger partial charge in [-0.05, 0) is 11.4 Å². The van der Waals surface area contributed by atoms with Gasteiger partial charge in [-0.3, -0.25) is 0 Å². The van der Waals surface area contributed by atoms with Gasteiger partial charge in [0.15, 0.2) is 12.8 Å². The second kappa shape index (κ2) is 9.27. The Morgan fingerprint density at radius 3 is 1.74 bits per heavy atom. The minimum Gasteiger partial charge on any atom is -0.517 e. The average molecular weight is 385 g/mol. The minimum atomic E-state index is 0. The summed E-state index contributed by atoms with van der Waals surface area (Å²) >= 11 is 0. The Balaban J connectivity index is 0.000000160. The summed E-state index contributed by atoms with van der Waals surface area (Å²) in [6.45, 7) is 0.433. The molecule has 0 unspecified atom stereocenters. The first-order valence-corrected chi connectivity index (χ1v) is 6.47. The van der Waals surface area contributed by atoms with E-state index >= 15 is 0 Å². The van der Waals surface area contributed by atoms with E-state index in [9.17, 15) is 0 Å². The molecule has 0 aliphatic carbocycles. The molecule has 4 rings (SSSR count). The third-order valence-corrected chi connectivity index (χ3v) is 2.71. The molecular weight excluding hydrogens is 373 g/mol. The smallest absolute Gasteiger partial charge is 0.219 e. The van der Waals surface area contributed by atoms with Crippen molar-refractivity contribution < 1.29 is 51.7 Å². The number of hydrogen-bond acceptors (Lipinski definition) is 6. The molecule has 1 radical (unpaired) electrons. The molecule has 0 aromatic heterocycles. The Bertz CT molecular complexity index is 632. The molecule has 0 saturated carbocycles. The largest absolute Gasteiger partial charge is 0.517 e. The van der Waals surface area contributed by atoms with Crippen LogP contribution in [0.1, 0.15) is 0 Å². The van der Waals surface area contributed by atoms with Gasteiger partial charge in [0.1, 0.15) is 0 Å². The first-order chi connectivity index (χ1) is 10.9. The van der Waals surface area contributed by atoms with Crippen LogP contribution in [-0.4, -0.2) is 26.4 Å². The topological polar surface area (TPSA) is 61.6 Å². The Morgan fingerprint density at radius 2 is 1.26 bits per heavy atom. The van der Waals surface area contributed by atoms with Crippen LogP contribution in [0.3, 0.4) is 0 Å². The molecule has 0 bridgehead atoms. The number of ether oxygens (including phenoxy) is 4. The van der Waals surface area contributed by atoms with Crippen molar-refractivity contribution in [1.29, 1.82) is 0 Å². The number of fused-ring (bicyclic) bond motifs is 2. The van der Waals surface area contributed by atoms with Crippen LogP contribution in [0.25, 0.3) is 0 Å². The molecule has 6 nitrogen and oxygen atoms in total. The van der Waals surface area contributed by atoms with Crippen LogP contribution in [0, 0.1) is 12.1 Å². The number of benzene rings is 2. The Hall–Kier alpha value is -1.92. The molecule has 2 aromatic rings. The number of nitrogens with zero attached hydrogens (tertiary/aromatic N) is 2. The van der Waals surface area contributed by atoms with Gasteiger partial charge in [0, 0.05) is 44.2 Å². The Labute approximate surface area is 159 Å². The summed E-state index contributed by atoms with van der Waals surface area (Å²) in [6, 6.07) is 16.5. The quantitative estimate of drug-likeness (QED) is 0.655. The number of hydrogen-bond donors (Lipinski definition) is 0. The summed E-state index contributed by atoms with van der Waals surface area (Å²) in [5.41, 5.74) is 1.56. The van der Waals surface area contributed by atoms with Crippen LogP contribution < -0.4 is 9.47 Å². The summed E-state index contributed by atoms with van der Waals surface area (Å²) in [7, 11) is 0. The number of aliphatic imine (C=N–C) groups is 2. The van der Waals surface area contributed by atoms with Crippen molar-refractivity contribution in [2.24, 2.45) is 9.98 Å². The van der Waals surface area contributed by atoms with Gasteiger partial charge in [0.05, 0.1) is 0 Å². The van der Waals surface area contributed by atoms with Crippen molar-refractivity contribution in [3.63, 3.8) is 0 Å². The van der Waals surface area contributed by atoms with Crippen molar-refractivity contribution in [1.82, 2.24) is 0 Å². The van der Waals surface area contributed by atoms with Gasteiger partial charge in [0.25, 0.3) is 0 Å². The van der Waals surface area contributed by atoms with E-state index in [0.29, 0.717) is 11.5 Å². The summed E-state index contributed by atoms with van der Waals surface area (Å²) < 4.78 is 20.0. The first-order valence-electron chi connectivity index (χ1n) is 6.47. The zero-order chi connectivity index (χ0) is 15.0. The molecule has 23 heavy (non-hydrogen) atoms. The maximum Gasteiger partial charge on any atom is 0.219 e. The Kier molecular flexibility index (Phi) is 7.03. The molecule has 7 heteroatoms. The van der Waals surface area contributed by atoms with Crippen LogP contribution in [-0.2, 0) is 42.2 Å². The summed E-state index contributed by atoms with van der Waals surface area (Å²) in [5.74, 6) is 1.42. The van der Waals surface area contributed by atoms with E-state index in [1.807, 2.05) is 12.1 Å². The predicted molar refractivity (Wildman–Crippen MR) is 80.0 cm³/mol. The maximum atomic E-state index is 5.17. The van der Waals surface area contributed by atoms with E-state index in [0.717, 1.165) is 11.4 Å². The summed E-state index contributed by atoms with van der Waals surface area (Å²) in [5, 5.41) is 0. The van der Waals surface area contributed by atoms with Gasteiger partial charge in [-0.1, -0.05) is 0 Å². The second-order valence-electron chi connectivity index (χ2n) is 4.11. The first kappa shape index (κ1) is 17.4. The van der Waals surface area contributed by atoms with Crippen LogP contribution in [0.2, 0.25) is 0 Å². The van der Waals surface area contributed by atoms with Crippen LogP contribution in [0.15, 0.2) is 46.4 Å². The normalized spacial score (nSPS) is 13.6. The average Bonchev–Trinajstić information content (AvgIpc) is 2.95. The second-order valence-corrected chi connectivity index (χ2v) is 4.11. The monoisotopic (exact) mass is 385 g/mol. The van der Waals surface area contributed by atoms with Crippen molar-refractivity contribution in [2.45, 2.75) is 0 Å². The van der Waals surface area contributed by atoms with E-state index in [4.69, 9.17) is 18.9 Å². The van der Waals surface area contributed by atoms with E-state index in [2.05, 4.69) is 22.1 Å². The van der Waals surface area contributed by atoms with Crippen molar-refractivity contribution >= 4 is 24.2 Å². The third-order valence-electron chi connectivity index (χ3n) is 2.71. The molecule has 0 spiro atoms. The van der Waals surface area contributed by atoms with Crippen molar-refractivity contribution in [2.75, 3.05) is 13.6 Å². The van der Waals surface area contributed by atoms with E-state index in [1.54, 1.807) is 24.3 Å². The van der Waals surface area contributed by atoms with Gasteiger partial charge in [0.2, 0.25) is 13.6 Å². The van der Waals surface area contributed by atoms with E-state index in [1.165, 1.54) is 12.8 Å². The zero-order valence-electron chi connectivity index (χ0n) is 12.1. The van der Waals surface area contributed by atoms with Gasteiger partial charge in [-0.2, -0.15) is 24.3 Å². The molecule has 0 saturated heterocycles. The van der Waals surface area contributed by atoms with Gasteiger partial charge >= 0.3 is 0 Å². The Morgan fingerprint density at radius 1 is 0.783 bits per heavy atom. The minimum absolute atomic E-state index is 0. The molecule has 0 atom stereocenters. The standard InChI is InChI=1S/2C8H6NO2.Y/c2*1-2-4-8-7(3-1)9-5-10-6-11-8;/h2*1,3-5H,6H2;/q2*-1;. The van der Waals surface area contributed by atoms with Crippen LogP contribution >= 0.6 is 0 Å². The summed E-state index contributed by atoms with van der Waals surface area (Å²) in [6.07, 6.45) is 2.76. The predicted octanol–water partition coefficient (Wildman–Crippen LogP) is 3.02. The fourth-order valence-corrected chi connectivity index (χ4v) is 1.70. The van der Waals surface area contributed by atoms with E-state index in [-0.39, 0.29) is 46.3 Å². The molecule has 0 N–H and O–H groups in total. The number of rotatable bonds is 0. The van der Waals surface area contributed by atoms with Crippen LogP contribution in [0.4, 0.5) is 11.4 Å². The fourth-order valence-electron chi connectivity index (χ4n) is 1.70. The van der Waals surface area contributed by atoms with Crippen molar-refractivity contribution in [3.8, 4) is 11.5 Å². The molecule has 2 heterocycles. The molecule has 115 valence electrons. The molecule has 0 amide bonds. The molecule has 2 aliphatic heterocycles. The van der Waals surface area contributed by atoms with E-state index < -0.39 is 0 Å². The molecule has 2 aliphatic rings. The molecule has 0 fully saturated rings. The van der Waals surface area contributed by atoms with Gasteiger partial charge in [-0.15, -0.1) is 24.3 Å². The molecular formula is C16H12N2O4Y-2. The third kappa shape index (κ3) is 5.04. The van der Waals surface area contributed by atoms with Crippen molar-refractivity contribution in [3.05, 3.63) is 48.5 Å². The molecule has 2 aromatic carbocycles. The maximum absolute atomic E-state index is 5.17. The van der Waals surface area contributed by atoms with Gasteiger partial charge in [-0.25, -0.2) is 9.98 Å². The summed E-state index contributed by atoms with van der Waals surface area (Å²) in [4.78, 5) is 7.99. The fraction of sp³-hybridized carbons (Fsp3) is 0.125.